The van der Waals surface area contributed by atoms with Gasteiger partial charge >= 0.3 is 0 Å². The van der Waals surface area contributed by atoms with E-state index in [1.165, 1.54) is 16.4 Å². The first-order chi connectivity index (χ1) is 13.3. The third-order valence-corrected chi connectivity index (χ3v) is 7.13. The smallest absolute Gasteiger partial charge is 0.244 e. The zero-order chi connectivity index (χ0) is 20.7. The van der Waals surface area contributed by atoms with Crippen LogP contribution in [0.2, 0.25) is 5.02 Å². The minimum atomic E-state index is -3.71. The van der Waals surface area contributed by atoms with Gasteiger partial charge in [-0.2, -0.15) is 4.31 Å². The number of likely N-dealkylation sites (tertiary alicyclic amines) is 1. The molecule has 156 valence electrons. The number of hydrogen-bond donors (Lipinski definition) is 2. The number of rotatable bonds is 9. The average Bonchev–Trinajstić information content (AvgIpc) is 3.21. The summed E-state index contributed by atoms with van der Waals surface area (Å²) in [5.41, 5.74) is 0.455. The van der Waals surface area contributed by atoms with E-state index in [4.69, 9.17) is 11.6 Å². The number of benzene rings is 1. The standard InChI is InChI=1S/C18H27ClN4O4S/c1-3-23(4-2)28(26,27)16-11-14(7-8-15(16)19)20-12-17(24)21-13-18(25)22-9-5-6-10-22/h7-8,11,20H,3-6,9-10,12-13H2,1-2H3,(H,21,24). The van der Waals surface area contributed by atoms with Crippen LogP contribution >= 0.6 is 11.6 Å². The quantitative estimate of drug-likeness (QED) is 0.618. The number of carbonyl (C=O) groups is 2. The molecule has 1 aliphatic heterocycles. The summed E-state index contributed by atoms with van der Waals surface area (Å²) < 4.78 is 26.7. The van der Waals surface area contributed by atoms with Crippen molar-refractivity contribution in [2.75, 3.05) is 44.6 Å². The summed E-state index contributed by atoms with van der Waals surface area (Å²) in [5.74, 6) is -0.444. The monoisotopic (exact) mass is 430 g/mol. The number of amides is 2. The summed E-state index contributed by atoms with van der Waals surface area (Å²) in [6, 6.07) is 4.50. The first-order valence-corrected chi connectivity index (χ1v) is 11.2. The summed E-state index contributed by atoms with van der Waals surface area (Å²) in [5, 5.41) is 5.57. The fourth-order valence-corrected chi connectivity index (χ4v) is 4.97. The molecule has 1 heterocycles. The predicted octanol–water partition coefficient (Wildman–Crippen LogP) is 1.52. The highest BCUT2D eigenvalue weighted by Gasteiger charge is 2.25. The van der Waals surface area contributed by atoms with Gasteiger partial charge in [0.2, 0.25) is 21.8 Å². The van der Waals surface area contributed by atoms with E-state index in [1.807, 2.05) is 0 Å². The van der Waals surface area contributed by atoms with E-state index in [1.54, 1.807) is 24.8 Å². The summed E-state index contributed by atoms with van der Waals surface area (Å²) in [4.78, 5) is 25.7. The number of nitrogens with zero attached hydrogens (tertiary/aromatic N) is 2. The molecule has 2 N–H and O–H groups in total. The van der Waals surface area contributed by atoms with Crippen molar-refractivity contribution in [3.05, 3.63) is 23.2 Å². The summed E-state index contributed by atoms with van der Waals surface area (Å²) in [6.45, 7) is 5.53. The Hall–Kier alpha value is -1.84. The van der Waals surface area contributed by atoms with E-state index in [2.05, 4.69) is 10.6 Å². The molecule has 2 rings (SSSR count). The largest absolute Gasteiger partial charge is 0.376 e. The molecule has 1 aliphatic rings. The SMILES string of the molecule is CCN(CC)S(=O)(=O)c1cc(NCC(=O)NCC(=O)N2CCCC2)ccc1Cl. The zero-order valence-electron chi connectivity index (χ0n) is 16.2. The molecule has 10 heteroatoms. The van der Waals surface area contributed by atoms with Gasteiger partial charge in [0.1, 0.15) is 4.90 Å². The number of nitrogens with one attached hydrogen (secondary N) is 2. The highest BCUT2D eigenvalue weighted by molar-refractivity contribution is 7.89. The van der Waals surface area contributed by atoms with Gasteiger partial charge in [-0.05, 0) is 31.0 Å². The molecule has 0 aliphatic carbocycles. The van der Waals surface area contributed by atoms with Crippen molar-refractivity contribution < 1.29 is 18.0 Å². The van der Waals surface area contributed by atoms with Crippen molar-refractivity contribution in [2.24, 2.45) is 0 Å². The lowest BCUT2D eigenvalue weighted by Crippen LogP contribution is -2.40. The van der Waals surface area contributed by atoms with Gasteiger partial charge in [0, 0.05) is 31.9 Å². The minimum Gasteiger partial charge on any atom is -0.376 e. The fraction of sp³-hybridized carbons (Fsp3) is 0.556. The van der Waals surface area contributed by atoms with Gasteiger partial charge in [-0.15, -0.1) is 0 Å². The van der Waals surface area contributed by atoms with Crippen LogP contribution in [0.4, 0.5) is 5.69 Å². The maximum Gasteiger partial charge on any atom is 0.244 e. The van der Waals surface area contributed by atoms with Crippen LogP contribution in [0.1, 0.15) is 26.7 Å². The van der Waals surface area contributed by atoms with Gasteiger partial charge in [0.15, 0.2) is 0 Å². The molecular weight excluding hydrogens is 404 g/mol. The van der Waals surface area contributed by atoms with Crippen molar-refractivity contribution in [1.82, 2.24) is 14.5 Å². The van der Waals surface area contributed by atoms with Crippen LogP contribution in [0, 0.1) is 0 Å². The van der Waals surface area contributed by atoms with Crippen molar-refractivity contribution in [1.29, 1.82) is 0 Å². The second kappa shape index (κ2) is 10.1. The Kier molecular flexibility index (Phi) is 8.09. The Morgan fingerprint density at radius 3 is 2.39 bits per heavy atom. The minimum absolute atomic E-state index is 0.00696. The van der Waals surface area contributed by atoms with E-state index in [0.29, 0.717) is 18.8 Å². The third-order valence-electron chi connectivity index (χ3n) is 4.60. The van der Waals surface area contributed by atoms with Gasteiger partial charge in [0.05, 0.1) is 18.1 Å². The normalized spacial score (nSPS) is 14.4. The van der Waals surface area contributed by atoms with Gasteiger partial charge in [-0.25, -0.2) is 8.42 Å². The molecule has 1 fully saturated rings. The Balaban J connectivity index is 1.95. The molecule has 0 unspecified atom stereocenters. The van der Waals surface area contributed by atoms with E-state index in [9.17, 15) is 18.0 Å². The van der Waals surface area contributed by atoms with Crippen molar-refractivity contribution in [3.63, 3.8) is 0 Å². The lowest BCUT2D eigenvalue weighted by Gasteiger charge is -2.20. The van der Waals surface area contributed by atoms with Crippen LogP contribution in [-0.4, -0.2) is 68.7 Å². The molecule has 1 aromatic rings. The summed E-state index contributed by atoms with van der Waals surface area (Å²) in [7, 11) is -3.71. The van der Waals surface area contributed by atoms with Gasteiger partial charge in [-0.1, -0.05) is 25.4 Å². The molecule has 0 aromatic heterocycles. The highest BCUT2D eigenvalue weighted by atomic mass is 35.5. The maximum atomic E-state index is 12.7. The lowest BCUT2D eigenvalue weighted by atomic mass is 10.3. The molecular formula is C18H27ClN4O4S. The maximum absolute atomic E-state index is 12.7. The van der Waals surface area contributed by atoms with Crippen LogP contribution in [-0.2, 0) is 19.6 Å². The molecule has 2 amide bonds. The average molecular weight is 431 g/mol. The second-order valence-corrected chi connectivity index (χ2v) is 8.77. The van der Waals surface area contributed by atoms with Crippen LogP contribution in [0.15, 0.2) is 23.1 Å². The molecule has 1 saturated heterocycles. The fourth-order valence-electron chi connectivity index (χ4n) is 3.01. The zero-order valence-corrected chi connectivity index (χ0v) is 17.8. The molecule has 0 bridgehead atoms. The van der Waals surface area contributed by atoms with Crippen molar-refractivity contribution in [2.45, 2.75) is 31.6 Å². The van der Waals surface area contributed by atoms with Gasteiger partial charge in [0.25, 0.3) is 0 Å². The highest BCUT2D eigenvalue weighted by Crippen LogP contribution is 2.27. The number of hydrogen-bond acceptors (Lipinski definition) is 5. The predicted molar refractivity (Wildman–Crippen MR) is 109 cm³/mol. The Labute approximate surface area is 171 Å². The van der Waals surface area contributed by atoms with Gasteiger partial charge < -0.3 is 15.5 Å². The van der Waals surface area contributed by atoms with E-state index >= 15 is 0 Å². The third kappa shape index (κ3) is 5.59. The summed E-state index contributed by atoms with van der Waals surface area (Å²) in [6.07, 6.45) is 1.99. The molecule has 0 saturated carbocycles. The van der Waals surface area contributed by atoms with Crippen LogP contribution in [0.5, 0.6) is 0 Å². The molecule has 8 nitrogen and oxygen atoms in total. The van der Waals surface area contributed by atoms with E-state index in [0.717, 1.165) is 25.9 Å². The number of anilines is 1. The van der Waals surface area contributed by atoms with E-state index < -0.39 is 10.0 Å². The topological polar surface area (TPSA) is 98.8 Å². The molecule has 1 aromatic carbocycles. The first-order valence-electron chi connectivity index (χ1n) is 9.37. The van der Waals surface area contributed by atoms with Crippen LogP contribution < -0.4 is 10.6 Å². The van der Waals surface area contributed by atoms with E-state index in [-0.39, 0.29) is 34.8 Å². The Morgan fingerprint density at radius 1 is 1.14 bits per heavy atom. The Morgan fingerprint density at radius 2 is 1.79 bits per heavy atom. The lowest BCUT2D eigenvalue weighted by molar-refractivity contribution is -0.131. The molecule has 0 radical (unpaired) electrons. The van der Waals surface area contributed by atoms with Crippen LogP contribution in [0.3, 0.4) is 0 Å². The summed E-state index contributed by atoms with van der Waals surface area (Å²) >= 11 is 6.09. The van der Waals surface area contributed by atoms with Crippen molar-refractivity contribution in [3.8, 4) is 0 Å². The first kappa shape index (κ1) is 22.4. The Bertz CT molecular complexity index is 806. The van der Waals surface area contributed by atoms with Crippen molar-refractivity contribution >= 4 is 39.1 Å². The second-order valence-electron chi connectivity index (χ2n) is 6.45. The van der Waals surface area contributed by atoms with Gasteiger partial charge in [-0.3, -0.25) is 9.59 Å². The number of sulfonamides is 1. The molecule has 0 spiro atoms. The molecule has 0 atom stereocenters. The number of halogens is 1. The number of carbonyl (C=O) groups excluding carboxylic acids is 2. The van der Waals surface area contributed by atoms with Crippen LogP contribution in [0.25, 0.3) is 0 Å². The molecule has 28 heavy (non-hydrogen) atoms.